The van der Waals surface area contributed by atoms with Gasteiger partial charge in [0, 0.05) is 12.8 Å². The fourth-order valence-corrected chi connectivity index (χ4v) is 7.65. The van der Waals surface area contributed by atoms with Crippen LogP contribution in [-0.4, -0.2) is 17.0 Å². The first kappa shape index (κ1) is 16.8. The number of hydrogen-bond acceptors (Lipinski definition) is 2. The summed E-state index contributed by atoms with van der Waals surface area (Å²) in [5, 5.41) is 10.7. The van der Waals surface area contributed by atoms with Gasteiger partial charge >= 0.3 is 0 Å². The molecule has 0 radical (unpaired) electrons. The Morgan fingerprint density at radius 1 is 1.17 bits per heavy atom. The molecule has 0 amide bonds. The van der Waals surface area contributed by atoms with Crippen molar-refractivity contribution in [2.24, 2.45) is 40.4 Å². The average molecular weight is 331 g/mol. The van der Waals surface area contributed by atoms with E-state index in [2.05, 4.69) is 26.5 Å². The lowest BCUT2D eigenvalue weighted by Gasteiger charge is -2.62. The first-order chi connectivity index (χ1) is 11.4. The predicted molar refractivity (Wildman–Crippen MR) is 96.4 cm³/mol. The van der Waals surface area contributed by atoms with Crippen LogP contribution in [0.1, 0.15) is 71.6 Å². The first-order valence-electron chi connectivity index (χ1n) is 10.2. The smallest absolute Gasteiger partial charge is 0.133 e. The van der Waals surface area contributed by atoms with Crippen LogP contribution in [0, 0.1) is 40.4 Å². The third-order valence-electron chi connectivity index (χ3n) is 9.08. The molecule has 134 valence electrons. The number of fused-ring (bicyclic) bond motifs is 5. The quantitative estimate of drug-likeness (QED) is 0.741. The summed E-state index contributed by atoms with van der Waals surface area (Å²) in [4.78, 5) is 12.1. The minimum atomic E-state index is -0.105. The van der Waals surface area contributed by atoms with Crippen molar-refractivity contribution in [2.75, 3.05) is 0 Å². The van der Waals surface area contributed by atoms with E-state index in [1.165, 1.54) is 25.7 Å². The molecule has 0 heterocycles. The number of allylic oxidation sites excluding steroid dienone is 1. The Morgan fingerprint density at radius 2 is 1.92 bits per heavy atom. The number of aliphatic hydroxyl groups is 1. The van der Waals surface area contributed by atoms with Gasteiger partial charge in [0.05, 0.1) is 6.10 Å². The highest BCUT2D eigenvalue weighted by atomic mass is 16.3. The average Bonchev–Trinajstić information content (AvgIpc) is 2.85. The Hall–Kier alpha value is -0.630. The van der Waals surface area contributed by atoms with Crippen LogP contribution in [0.4, 0.5) is 0 Å². The van der Waals surface area contributed by atoms with E-state index in [9.17, 15) is 9.90 Å². The summed E-state index contributed by atoms with van der Waals surface area (Å²) >= 11 is 0. The maximum atomic E-state index is 12.1. The van der Waals surface area contributed by atoms with Crippen molar-refractivity contribution in [2.45, 2.75) is 77.7 Å². The number of ketones is 1. The molecular formula is C22H34O2. The molecule has 0 aromatic rings. The van der Waals surface area contributed by atoms with Crippen LogP contribution in [0.3, 0.4) is 0 Å². The van der Waals surface area contributed by atoms with Crippen LogP contribution in [0.2, 0.25) is 0 Å². The number of hydrogen-bond donors (Lipinski definition) is 1. The molecule has 0 bridgehead atoms. The fourth-order valence-electron chi connectivity index (χ4n) is 7.65. The molecule has 4 saturated carbocycles. The summed E-state index contributed by atoms with van der Waals surface area (Å²) in [5.41, 5.74) is 0.486. The standard InChI is InChI=1S/C22H34O2/c1-4-5-14-12-15-13-16(23)8-10-21(15,2)18-9-11-22(3)17(20(14)18)6-7-19(22)24/h4,14-15,17-20,24H,1,5-13H2,2-3H3/t14-,15+,17?,18?,19+,20?,21+,22+/m1/s1. The van der Waals surface area contributed by atoms with E-state index in [0.29, 0.717) is 29.0 Å². The van der Waals surface area contributed by atoms with Gasteiger partial charge < -0.3 is 5.11 Å². The van der Waals surface area contributed by atoms with E-state index < -0.39 is 0 Å². The molecule has 0 aromatic carbocycles. The van der Waals surface area contributed by atoms with Crippen molar-refractivity contribution >= 4 is 5.78 Å². The van der Waals surface area contributed by atoms with Gasteiger partial charge in [-0.25, -0.2) is 0 Å². The SMILES string of the molecule is C=CC[C@@H]1C[C@H]2CC(=O)CC[C@]2(C)C2CC[C@@]3(C)C(CC[C@@H]3O)C21. The van der Waals surface area contributed by atoms with E-state index in [-0.39, 0.29) is 11.5 Å². The van der Waals surface area contributed by atoms with Crippen molar-refractivity contribution in [3.05, 3.63) is 12.7 Å². The summed E-state index contributed by atoms with van der Waals surface area (Å²) in [7, 11) is 0. The molecular weight excluding hydrogens is 296 g/mol. The molecule has 8 atom stereocenters. The van der Waals surface area contributed by atoms with Crippen molar-refractivity contribution in [3.63, 3.8) is 0 Å². The largest absolute Gasteiger partial charge is 0.393 e. The molecule has 4 aliphatic carbocycles. The highest BCUT2D eigenvalue weighted by molar-refractivity contribution is 5.79. The molecule has 2 heteroatoms. The Balaban J connectivity index is 1.71. The zero-order valence-electron chi connectivity index (χ0n) is 15.5. The van der Waals surface area contributed by atoms with Gasteiger partial charge in [0.15, 0.2) is 0 Å². The normalized spacial score (nSPS) is 53.9. The molecule has 24 heavy (non-hydrogen) atoms. The minimum absolute atomic E-state index is 0.105. The molecule has 2 nitrogen and oxygen atoms in total. The lowest BCUT2D eigenvalue weighted by atomic mass is 9.42. The molecule has 4 fully saturated rings. The lowest BCUT2D eigenvalue weighted by molar-refractivity contribution is -0.154. The summed E-state index contributed by atoms with van der Waals surface area (Å²) in [6, 6.07) is 0. The van der Waals surface area contributed by atoms with Crippen LogP contribution in [0.25, 0.3) is 0 Å². The maximum Gasteiger partial charge on any atom is 0.133 e. The fraction of sp³-hybridized carbons (Fsp3) is 0.864. The second kappa shape index (κ2) is 5.69. The van der Waals surface area contributed by atoms with Gasteiger partial charge in [-0.2, -0.15) is 0 Å². The topological polar surface area (TPSA) is 37.3 Å². The number of Topliss-reactive ketones (excluding diaryl/α,β-unsaturated/α-hetero) is 1. The van der Waals surface area contributed by atoms with Crippen molar-refractivity contribution in [3.8, 4) is 0 Å². The summed E-state index contributed by atoms with van der Waals surface area (Å²) in [6.07, 6.45) is 11.6. The summed E-state index contributed by atoms with van der Waals surface area (Å²) < 4.78 is 0. The van der Waals surface area contributed by atoms with Gasteiger partial charge in [-0.3, -0.25) is 4.79 Å². The molecule has 3 unspecified atom stereocenters. The maximum absolute atomic E-state index is 12.1. The van der Waals surface area contributed by atoms with E-state index >= 15 is 0 Å². The van der Waals surface area contributed by atoms with Crippen molar-refractivity contribution < 1.29 is 9.90 Å². The Morgan fingerprint density at radius 3 is 2.67 bits per heavy atom. The monoisotopic (exact) mass is 330 g/mol. The molecule has 4 aliphatic rings. The van der Waals surface area contributed by atoms with Crippen molar-refractivity contribution in [1.29, 1.82) is 0 Å². The zero-order chi connectivity index (χ0) is 17.1. The molecule has 4 rings (SSSR count). The molecule has 0 spiro atoms. The van der Waals surface area contributed by atoms with E-state index in [1.54, 1.807) is 0 Å². The Labute approximate surface area is 147 Å². The van der Waals surface area contributed by atoms with E-state index in [0.717, 1.165) is 43.9 Å². The summed E-state index contributed by atoms with van der Waals surface area (Å²) in [5.74, 6) is 3.90. The van der Waals surface area contributed by atoms with Gasteiger partial charge in [-0.1, -0.05) is 19.9 Å². The van der Waals surface area contributed by atoms with Gasteiger partial charge in [0.25, 0.3) is 0 Å². The van der Waals surface area contributed by atoms with Crippen LogP contribution >= 0.6 is 0 Å². The Kier molecular flexibility index (Phi) is 3.99. The van der Waals surface area contributed by atoms with Gasteiger partial charge in [-0.05, 0) is 85.4 Å². The highest BCUT2D eigenvalue weighted by Crippen LogP contribution is 2.67. The number of rotatable bonds is 2. The second-order valence-electron chi connectivity index (χ2n) is 9.89. The van der Waals surface area contributed by atoms with Gasteiger partial charge in [0.1, 0.15) is 5.78 Å². The number of carbonyl (C=O) groups is 1. The van der Waals surface area contributed by atoms with E-state index in [4.69, 9.17) is 0 Å². The van der Waals surface area contributed by atoms with Crippen LogP contribution in [-0.2, 0) is 4.79 Å². The highest BCUT2D eigenvalue weighted by Gasteiger charge is 2.62. The molecule has 0 aromatic heterocycles. The van der Waals surface area contributed by atoms with Gasteiger partial charge in [-0.15, -0.1) is 6.58 Å². The zero-order valence-corrected chi connectivity index (χ0v) is 15.5. The molecule has 0 saturated heterocycles. The number of carbonyl (C=O) groups excluding carboxylic acids is 1. The second-order valence-corrected chi connectivity index (χ2v) is 9.89. The minimum Gasteiger partial charge on any atom is -0.393 e. The molecule has 1 N–H and O–H groups in total. The van der Waals surface area contributed by atoms with Crippen LogP contribution < -0.4 is 0 Å². The Bertz CT molecular complexity index is 540. The molecule has 0 aliphatic heterocycles. The van der Waals surface area contributed by atoms with E-state index in [1.807, 2.05) is 0 Å². The van der Waals surface area contributed by atoms with Gasteiger partial charge in [0.2, 0.25) is 0 Å². The predicted octanol–water partition coefficient (Wildman–Crippen LogP) is 4.76. The van der Waals surface area contributed by atoms with Crippen molar-refractivity contribution in [1.82, 2.24) is 0 Å². The number of aliphatic hydroxyl groups excluding tert-OH is 1. The first-order valence-corrected chi connectivity index (χ1v) is 10.2. The third-order valence-corrected chi connectivity index (χ3v) is 9.08. The lowest BCUT2D eigenvalue weighted by Crippen LogP contribution is -2.57. The van der Waals surface area contributed by atoms with Crippen LogP contribution in [0.5, 0.6) is 0 Å². The van der Waals surface area contributed by atoms with Crippen LogP contribution in [0.15, 0.2) is 12.7 Å². The summed E-state index contributed by atoms with van der Waals surface area (Å²) in [6.45, 7) is 8.89. The third kappa shape index (κ3) is 2.21.